The standard InChI is InChI=1S/2C43H87NO2.Ca/c2*1-4-6-8-10-12-14-16-18-20-22-24-26-28-30-32-34-36-40-44(42(3)38-39-43(45)46)41-37-35-33-31-29-27-25-23-21-19-17-15-13-11-9-7-5-2;/h2*42H,4-41H2,1-3H3,(H,45,46);/q;;+2/p-2. The van der Waals surface area contributed by atoms with Gasteiger partial charge in [0.2, 0.25) is 0 Å². The average Bonchev–Trinajstić information content (AvgIpc) is 3.76. The first kappa shape index (κ1) is 97.3. The maximum Gasteiger partial charge on any atom is 2.00 e. The fourth-order valence-corrected chi connectivity index (χ4v) is 14.3. The molecule has 7 heteroatoms. The molecule has 93 heavy (non-hydrogen) atoms. The monoisotopic (exact) mass is 1340 g/mol. The Labute approximate surface area is 616 Å². The van der Waals surface area contributed by atoms with Crippen LogP contribution in [0.25, 0.3) is 0 Å². The van der Waals surface area contributed by atoms with Crippen molar-refractivity contribution >= 4 is 49.7 Å². The molecule has 0 saturated carbocycles. The summed E-state index contributed by atoms with van der Waals surface area (Å²) in [7, 11) is 0. The molecule has 0 fully saturated rings. The Bertz CT molecular complexity index is 1190. The molecule has 0 rings (SSSR count). The molecule has 0 aromatic rings. The van der Waals surface area contributed by atoms with E-state index in [0.29, 0.717) is 12.1 Å². The van der Waals surface area contributed by atoms with Crippen molar-refractivity contribution in [2.45, 2.75) is 516 Å². The van der Waals surface area contributed by atoms with Gasteiger partial charge in [-0.15, -0.1) is 0 Å². The van der Waals surface area contributed by atoms with Crippen molar-refractivity contribution < 1.29 is 19.8 Å². The minimum absolute atomic E-state index is 0. The van der Waals surface area contributed by atoms with Gasteiger partial charge >= 0.3 is 37.7 Å². The van der Waals surface area contributed by atoms with Crippen molar-refractivity contribution in [1.29, 1.82) is 0 Å². The van der Waals surface area contributed by atoms with Crippen LogP contribution in [-0.2, 0) is 9.59 Å². The van der Waals surface area contributed by atoms with Gasteiger partial charge in [-0.3, -0.25) is 0 Å². The predicted molar refractivity (Wildman–Crippen MR) is 413 cm³/mol. The molecule has 2 unspecified atom stereocenters. The van der Waals surface area contributed by atoms with E-state index in [1.807, 2.05) is 0 Å². The number of carbonyl (C=O) groups is 2. The zero-order chi connectivity index (χ0) is 67.2. The number of carboxylic acid groups (broad SMARTS) is 2. The van der Waals surface area contributed by atoms with Crippen molar-refractivity contribution in [2.75, 3.05) is 26.2 Å². The number of hydrogen-bond acceptors (Lipinski definition) is 6. The third-order valence-corrected chi connectivity index (χ3v) is 21.0. The second-order valence-electron chi connectivity index (χ2n) is 30.2. The third kappa shape index (κ3) is 84.5. The molecule has 0 spiro atoms. The Morgan fingerprint density at radius 1 is 0.215 bits per heavy atom. The van der Waals surface area contributed by atoms with E-state index in [4.69, 9.17) is 0 Å². The molecule has 0 aromatic carbocycles. The predicted octanol–water partition coefficient (Wildman–Crippen LogP) is 26.6. The second kappa shape index (κ2) is 86.3. The van der Waals surface area contributed by atoms with Crippen molar-refractivity contribution in [3.8, 4) is 0 Å². The molecule has 552 valence electrons. The van der Waals surface area contributed by atoms with Crippen LogP contribution in [0.3, 0.4) is 0 Å². The summed E-state index contributed by atoms with van der Waals surface area (Å²) in [6.07, 6.45) is 97.6. The summed E-state index contributed by atoms with van der Waals surface area (Å²) in [5.41, 5.74) is 0. The van der Waals surface area contributed by atoms with Gasteiger partial charge < -0.3 is 29.6 Å². The van der Waals surface area contributed by atoms with Crippen LogP contribution in [0.1, 0.15) is 504 Å². The molecule has 2 atom stereocenters. The van der Waals surface area contributed by atoms with Crippen LogP contribution in [0.2, 0.25) is 0 Å². The van der Waals surface area contributed by atoms with Crippen molar-refractivity contribution in [2.24, 2.45) is 0 Å². The first-order valence-electron chi connectivity index (χ1n) is 43.1. The van der Waals surface area contributed by atoms with E-state index in [1.165, 1.54) is 437 Å². The van der Waals surface area contributed by atoms with Crippen LogP contribution in [-0.4, -0.2) is 97.7 Å². The molecular weight excluding hydrogens is 1170 g/mol. The first-order chi connectivity index (χ1) is 45.2. The Morgan fingerprint density at radius 3 is 0.430 bits per heavy atom. The van der Waals surface area contributed by atoms with Crippen LogP contribution in [0.5, 0.6) is 0 Å². The molecule has 0 N–H and O–H groups in total. The van der Waals surface area contributed by atoms with Crippen molar-refractivity contribution in [1.82, 2.24) is 9.80 Å². The van der Waals surface area contributed by atoms with Crippen LogP contribution in [0.4, 0.5) is 0 Å². The Kier molecular flexibility index (Phi) is 90.3. The zero-order valence-electron chi connectivity index (χ0n) is 65.1. The van der Waals surface area contributed by atoms with E-state index < -0.39 is 11.9 Å². The van der Waals surface area contributed by atoms with E-state index in [1.54, 1.807) is 0 Å². The molecule has 0 heterocycles. The molecule has 0 aliphatic heterocycles. The summed E-state index contributed by atoms with van der Waals surface area (Å²) < 4.78 is 0. The number of nitrogens with zero attached hydrogens (tertiary/aromatic N) is 2. The Balaban J connectivity index is -0.00000172. The number of aliphatic carboxylic acids is 2. The number of carboxylic acids is 2. The van der Waals surface area contributed by atoms with E-state index in [0.717, 1.165) is 39.0 Å². The van der Waals surface area contributed by atoms with E-state index >= 15 is 0 Å². The average molecular weight is 1340 g/mol. The molecular formula is C86H172CaN2O4. The van der Waals surface area contributed by atoms with Crippen LogP contribution < -0.4 is 10.2 Å². The number of carbonyl (C=O) groups excluding carboxylic acids is 2. The van der Waals surface area contributed by atoms with Crippen LogP contribution in [0, 0.1) is 0 Å². The fraction of sp³-hybridized carbons (Fsp3) is 0.977. The smallest absolute Gasteiger partial charge is 0.550 e. The largest absolute Gasteiger partial charge is 2.00 e. The summed E-state index contributed by atoms with van der Waals surface area (Å²) >= 11 is 0. The summed E-state index contributed by atoms with van der Waals surface area (Å²) in [6.45, 7) is 18.2. The number of hydrogen-bond donors (Lipinski definition) is 0. The minimum atomic E-state index is -0.901. The zero-order valence-corrected chi connectivity index (χ0v) is 67.3. The van der Waals surface area contributed by atoms with Gasteiger partial charge in [-0.1, -0.05) is 439 Å². The van der Waals surface area contributed by atoms with Gasteiger partial charge in [0, 0.05) is 24.0 Å². The fourth-order valence-electron chi connectivity index (χ4n) is 14.3. The van der Waals surface area contributed by atoms with E-state index in [2.05, 4.69) is 51.3 Å². The van der Waals surface area contributed by atoms with Gasteiger partial charge in [0.1, 0.15) is 0 Å². The maximum absolute atomic E-state index is 11.0. The van der Waals surface area contributed by atoms with Gasteiger partial charge in [0.15, 0.2) is 0 Å². The summed E-state index contributed by atoms with van der Waals surface area (Å²) in [5.74, 6) is -1.80. The summed E-state index contributed by atoms with van der Waals surface area (Å²) in [6, 6.07) is 0.694. The number of rotatable bonds is 80. The number of unbranched alkanes of at least 4 members (excludes halogenated alkanes) is 64. The molecule has 6 nitrogen and oxygen atoms in total. The van der Waals surface area contributed by atoms with Crippen molar-refractivity contribution in [3.05, 3.63) is 0 Å². The van der Waals surface area contributed by atoms with Gasteiger partial charge in [0.25, 0.3) is 0 Å². The Hall–Kier alpha value is 0.120. The molecule has 0 aromatic heterocycles. The molecule has 0 bridgehead atoms. The normalized spacial score (nSPS) is 12.2. The minimum Gasteiger partial charge on any atom is -0.550 e. The van der Waals surface area contributed by atoms with Gasteiger partial charge in [0.05, 0.1) is 0 Å². The van der Waals surface area contributed by atoms with E-state index in [9.17, 15) is 19.8 Å². The maximum atomic E-state index is 11.0. The van der Waals surface area contributed by atoms with Gasteiger partial charge in [-0.05, 0) is 91.4 Å². The first-order valence-corrected chi connectivity index (χ1v) is 43.1. The third-order valence-electron chi connectivity index (χ3n) is 21.0. The molecule has 0 saturated heterocycles. The summed E-state index contributed by atoms with van der Waals surface area (Å²) in [5, 5.41) is 22.1. The summed E-state index contributed by atoms with van der Waals surface area (Å²) in [4.78, 5) is 27.3. The second-order valence-corrected chi connectivity index (χ2v) is 30.2. The molecule has 0 aliphatic carbocycles. The topological polar surface area (TPSA) is 86.7 Å². The SMILES string of the molecule is CCCCCCCCCCCCCCCCCCCN(CCCCCCCCCCCCCCCCCCC)C(C)CCC(=O)[O-].CCCCCCCCCCCCCCCCCCCN(CCCCCCCCCCCCCCCCCCC)C(C)CCC(=O)[O-].[Ca+2]. The van der Waals surface area contributed by atoms with Gasteiger partial charge in [-0.25, -0.2) is 0 Å². The van der Waals surface area contributed by atoms with Gasteiger partial charge in [-0.2, -0.15) is 0 Å². The van der Waals surface area contributed by atoms with Crippen LogP contribution >= 0.6 is 0 Å². The molecule has 0 radical (unpaired) electrons. The quantitative estimate of drug-likeness (QED) is 0.0445. The Morgan fingerprint density at radius 2 is 0.323 bits per heavy atom. The van der Waals surface area contributed by atoms with Crippen molar-refractivity contribution in [3.63, 3.8) is 0 Å². The van der Waals surface area contributed by atoms with Crippen LogP contribution in [0.15, 0.2) is 0 Å². The molecule has 0 amide bonds. The molecule has 0 aliphatic rings. The van der Waals surface area contributed by atoms with E-state index in [-0.39, 0.29) is 50.6 Å².